The van der Waals surface area contributed by atoms with Crippen molar-refractivity contribution in [3.05, 3.63) is 23.8 Å². The lowest BCUT2D eigenvalue weighted by atomic mass is 10.1. The third-order valence-corrected chi connectivity index (χ3v) is 2.45. The van der Waals surface area contributed by atoms with Crippen LogP contribution in [0.5, 0.6) is 5.75 Å². The van der Waals surface area contributed by atoms with E-state index in [1.807, 2.05) is 0 Å². The first-order valence-corrected chi connectivity index (χ1v) is 4.39. The average molecular weight is 179 g/mol. The number of phenolic OH excluding ortho intramolecular Hbond substituents is 1. The first-order chi connectivity index (χ1) is 6.09. The summed E-state index contributed by atoms with van der Waals surface area (Å²) in [5.41, 5.74) is 6.39. The van der Waals surface area contributed by atoms with Crippen LogP contribution in [0.1, 0.15) is 18.4 Å². The van der Waals surface area contributed by atoms with E-state index in [0.29, 0.717) is 12.1 Å². The number of hydrogen-bond donors (Lipinski definition) is 3. The molecule has 1 aromatic rings. The van der Waals surface area contributed by atoms with E-state index in [2.05, 4.69) is 0 Å². The van der Waals surface area contributed by atoms with Crippen LogP contribution < -0.4 is 5.73 Å². The van der Waals surface area contributed by atoms with Gasteiger partial charge in [0.1, 0.15) is 5.75 Å². The molecule has 0 saturated heterocycles. The lowest BCUT2D eigenvalue weighted by Crippen LogP contribution is -2.10. The van der Waals surface area contributed by atoms with Crippen molar-refractivity contribution in [2.24, 2.45) is 0 Å². The molecule has 0 aliphatic heterocycles. The topological polar surface area (TPSA) is 66.5 Å². The molecule has 1 fully saturated rings. The Bertz CT molecular complexity index is 332. The number of phenols is 1. The molecule has 0 heterocycles. The van der Waals surface area contributed by atoms with Crippen LogP contribution >= 0.6 is 0 Å². The monoisotopic (exact) mass is 179 g/mol. The highest BCUT2D eigenvalue weighted by atomic mass is 16.3. The first kappa shape index (κ1) is 8.38. The van der Waals surface area contributed by atoms with E-state index < -0.39 is 5.60 Å². The largest absolute Gasteiger partial charge is 0.506 e. The molecule has 1 aromatic carbocycles. The second kappa shape index (κ2) is 2.64. The molecule has 2 rings (SSSR count). The molecule has 1 aliphatic carbocycles. The normalized spacial score (nSPS) is 18.5. The van der Waals surface area contributed by atoms with Gasteiger partial charge in [-0.25, -0.2) is 0 Å². The molecule has 1 aliphatic rings. The Morgan fingerprint density at radius 1 is 1.38 bits per heavy atom. The van der Waals surface area contributed by atoms with E-state index in [-0.39, 0.29) is 5.75 Å². The standard InChI is InChI=1S/C10H13NO2/c11-8-5-7(1-2-9(8)12)6-10(13)3-4-10/h1-2,5,12-13H,3-4,6,11H2. The van der Waals surface area contributed by atoms with Gasteiger partial charge in [-0.15, -0.1) is 0 Å². The molecule has 0 aromatic heterocycles. The lowest BCUT2D eigenvalue weighted by Gasteiger charge is -2.08. The molecule has 0 bridgehead atoms. The highest BCUT2D eigenvalue weighted by Gasteiger charge is 2.40. The summed E-state index contributed by atoms with van der Waals surface area (Å²) >= 11 is 0. The molecule has 0 radical (unpaired) electrons. The minimum atomic E-state index is -0.497. The highest BCUT2D eigenvalue weighted by Crippen LogP contribution is 2.38. The van der Waals surface area contributed by atoms with Gasteiger partial charge in [0, 0.05) is 6.42 Å². The van der Waals surface area contributed by atoms with Crippen molar-refractivity contribution in [2.45, 2.75) is 24.9 Å². The van der Waals surface area contributed by atoms with E-state index >= 15 is 0 Å². The Labute approximate surface area is 76.8 Å². The number of nitrogens with two attached hydrogens (primary N) is 1. The van der Waals surface area contributed by atoms with Gasteiger partial charge in [-0.05, 0) is 30.5 Å². The number of hydrogen-bond acceptors (Lipinski definition) is 3. The van der Waals surface area contributed by atoms with Gasteiger partial charge in [-0.1, -0.05) is 6.07 Å². The Morgan fingerprint density at radius 2 is 2.08 bits per heavy atom. The fourth-order valence-corrected chi connectivity index (χ4v) is 1.41. The van der Waals surface area contributed by atoms with Crippen molar-refractivity contribution in [1.29, 1.82) is 0 Å². The van der Waals surface area contributed by atoms with E-state index in [0.717, 1.165) is 18.4 Å². The van der Waals surface area contributed by atoms with Gasteiger partial charge in [-0.2, -0.15) is 0 Å². The van der Waals surface area contributed by atoms with Crippen LogP contribution in [-0.4, -0.2) is 15.8 Å². The second-order valence-corrected chi connectivity index (χ2v) is 3.79. The minimum Gasteiger partial charge on any atom is -0.506 e. The summed E-state index contributed by atoms with van der Waals surface area (Å²) in [5, 5.41) is 18.8. The van der Waals surface area contributed by atoms with Gasteiger partial charge < -0.3 is 15.9 Å². The van der Waals surface area contributed by atoms with Crippen LogP contribution in [-0.2, 0) is 6.42 Å². The summed E-state index contributed by atoms with van der Waals surface area (Å²) in [6.07, 6.45) is 2.37. The lowest BCUT2D eigenvalue weighted by molar-refractivity contribution is 0.151. The summed E-state index contributed by atoms with van der Waals surface area (Å²) in [4.78, 5) is 0. The van der Waals surface area contributed by atoms with Crippen molar-refractivity contribution >= 4 is 5.69 Å². The van der Waals surface area contributed by atoms with Gasteiger partial charge in [0.05, 0.1) is 11.3 Å². The molecule has 13 heavy (non-hydrogen) atoms. The Morgan fingerprint density at radius 3 is 2.62 bits per heavy atom. The second-order valence-electron chi connectivity index (χ2n) is 3.79. The van der Waals surface area contributed by atoms with Crippen molar-refractivity contribution in [1.82, 2.24) is 0 Å². The van der Waals surface area contributed by atoms with Crippen molar-refractivity contribution in [3.63, 3.8) is 0 Å². The molecule has 0 atom stereocenters. The molecular formula is C10H13NO2. The van der Waals surface area contributed by atoms with Crippen LogP contribution in [0, 0.1) is 0 Å². The molecule has 0 spiro atoms. The Balaban J connectivity index is 2.17. The first-order valence-electron chi connectivity index (χ1n) is 4.39. The summed E-state index contributed by atoms with van der Waals surface area (Å²) < 4.78 is 0. The van der Waals surface area contributed by atoms with Crippen molar-refractivity contribution < 1.29 is 10.2 Å². The average Bonchev–Trinajstić information content (AvgIpc) is 2.76. The maximum atomic E-state index is 9.64. The zero-order chi connectivity index (χ0) is 9.47. The summed E-state index contributed by atoms with van der Waals surface area (Å²) in [7, 11) is 0. The van der Waals surface area contributed by atoms with E-state index in [1.54, 1.807) is 18.2 Å². The Hall–Kier alpha value is -1.22. The van der Waals surface area contributed by atoms with Crippen molar-refractivity contribution in [3.8, 4) is 5.75 Å². The number of anilines is 1. The van der Waals surface area contributed by atoms with Crippen LogP contribution in [0.3, 0.4) is 0 Å². The third-order valence-electron chi connectivity index (χ3n) is 2.45. The SMILES string of the molecule is Nc1cc(CC2(O)CC2)ccc1O. The Kier molecular flexibility index (Phi) is 1.70. The van der Waals surface area contributed by atoms with Crippen molar-refractivity contribution in [2.75, 3.05) is 5.73 Å². The van der Waals surface area contributed by atoms with E-state index in [4.69, 9.17) is 5.73 Å². The van der Waals surface area contributed by atoms with Crippen LogP contribution in [0.2, 0.25) is 0 Å². The van der Waals surface area contributed by atoms with Gasteiger partial charge in [0.25, 0.3) is 0 Å². The molecule has 3 heteroatoms. The van der Waals surface area contributed by atoms with Crippen LogP contribution in [0.4, 0.5) is 5.69 Å². The van der Waals surface area contributed by atoms with Crippen LogP contribution in [0.25, 0.3) is 0 Å². The smallest absolute Gasteiger partial charge is 0.138 e. The molecule has 0 unspecified atom stereocenters. The van der Waals surface area contributed by atoms with Gasteiger partial charge >= 0.3 is 0 Å². The number of aliphatic hydroxyl groups is 1. The predicted octanol–water partition coefficient (Wildman–Crippen LogP) is 1.04. The maximum Gasteiger partial charge on any atom is 0.138 e. The number of nitrogen functional groups attached to an aromatic ring is 1. The van der Waals surface area contributed by atoms with E-state index in [1.165, 1.54) is 0 Å². The zero-order valence-corrected chi connectivity index (χ0v) is 7.33. The quantitative estimate of drug-likeness (QED) is 0.469. The zero-order valence-electron chi connectivity index (χ0n) is 7.33. The highest BCUT2D eigenvalue weighted by molar-refractivity contribution is 5.53. The van der Waals surface area contributed by atoms with E-state index in [9.17, 15) is 10.2 Å². The van der Waals surface area contributed by atoms with Gasteiger partial charge in [0.15, 0.2) is 0 Å². The number of aromatic hydroxyl groups is 1. The van der Waals surface area contributed by atoms with Crippen LogP contribution in [0.15, 0.2) is 18.2 Å². The fraction of sp³-hybridized carbons (Fsp3) is 0.400. The molecule has 3 nitrogen and oxygen atoms in total. The maximum absolute atomic E-state index is 9.64. The summed E-state index contributed by atoms with van der Waals surface area (Å²) in [6.45, 7) is 0. The molecule has 4 N–H and O–H groups in total. The van der Waals surface area contributed by atoms with Gasteiger partial charge in [-0.3, -0.25) is 0 Å². The molecule has 70 valence electrons. The summed E-state index contributed by atoms with van der Waals surface area (Å²) in [5.74, 6) is 0.103. The molecule has 0 amide bonds. The molecule has 1 saturated carbocycles. The predicted molar refractivity (Wildman–Crippen MR) is 50.4 cm³/mol. The number of rotatable bonds is 2. The third kappa shape index (κ3) is 1.75. The fourth-order valence-electron chi connectivity index (χ4n) is 1.41. The number of benzene rings is 1. The molecular weight excluding hydrogens is 166 g/mol. The summed E-state index contributed by atoms with van der Waals surface area (Å²) in [6, 6.07) is 5.07. The van der Waals surface area contributed by atoms with Gasteiger partial charge in [0.2, 0.25) is 0 Å². The minimum absolute atomic E-state index is 0.103.